The van der Waals surface area contributed by atoms with E-state index in [9.17, 15) is 0 Å². The quantitative estimate of drug-likeness (QED) is 0.802. The summed E-state index contributed by atoms with van der Waals surface area (Å²) in [5.41, 5.74) is 2.89. The summed E-state index contributed by atoms with van der Waals surface area (Å²) in [5, 5.41) is 9.13. The van der Waals surface area contributed by atoms with Crippen LogP contribution in [0, 0.1) is 17.2 Å². The van der Waals surface area contributed by atoms with Crippen molar-refractivity contribution in [3.63, 3.8) is 0 Å². The Labute approximate surface area is 102 Å². The highest BCUT2D eigenvalue weighted by Gasteiger charge is 2.19. The summed E-state index contributed by atoms with van der Waals surface area (Å²) < 4.78 is 5.79. The van der Waals surface area contributed by atoms with Gasteiger partial charge in [-0.05, 0) is 43.7 Å². The zero-order valence-electron chi connectivity index (χ0n) is 10.7. The molecule has 3 heteroatoms. The van der Waals surface area contributed by atoms with E-state index in [1.54, 1.807) is 0 Å². The Morgan fingerprint density at radius 2 is 2.12 bits per heavy atom. The minimum atomic E-state index is 0.0778. The number of fused-ring (bicyclic) bond motifs is 1. The van der Waals surface area contributed by atoms with Gasteiger partial charge < -0.3 is 4.74 Å². The smallest absolute Gasteiger partial charge is 0.232 e. The maximum atomic E-state index is 9.13. The fourth-order valence-electron chi connectivity index (χ4n) is 1.94. The number of nitrogens with zero attached hydrogens (tertiary/aromatic N) is 2. The zero-order valence-corrected chi connectivity index (χ0v) is 10.7. The van der Waals surface area contributed by atoms with Gasteiger partial charge in [-0.1, -0.05) is 13.8 Å². The first-order valence-electron chi connectivity index (χ1n) is 6.21. The largest absolute Gasteiger partial charge is 0.473 e. The molecule has 0 amide bonds. The van der Waals surface area contributed by atoms with Crippen molar-refractivity contribution < 1.29 is 4.74 Å². The lowest BCUT2D eigenvalue weighted by atomic mass is 10.1. The van der Waals surface area contributed by atoms with Gasteiger partial charge in [-0.25, -0.2) is 4.98 Å². The molecule has 0 spiro atoms. The minimum absolute atomic E-state index is 0.0778. The fraction of sp³-hybridized carbons (Fsp3) is 0.571. The molecule has 0 radical (unpaired) electrons. The van der Waals surface area contributed by atoms with E-state index in [4.69, 9.17) is 10.00 Å². The van der Waals surface area contributed by atoms with Crippen molar-refractivity contribution in [1.29, 1.82) is 5.26 Å². The van der Waals surface area contributed by atoms with Crippen LogP contribution >= 0.6 is 0 Å². The predicted octanol–water partition coefficient (Wildman–Crippen LogP) is 2.87. The summed E-state index contributed by atoms with van der Waals surface area (Å²) in [6.07, 6.45) is 3.26. The predicted molar refractivity (Wildman–Crippen MR) is 65.9 cm³/mol. The standard InChI is InChI=1S/C14H18N2O/c1-9(2)10(3)17-14-12(8-15)7-11-5-4-6-13(11)16-14/h7,9-10H,4-6H2,1-3H3. The zero-order chi connectivity index (χ0) is 12.4. The van der Waals surface area contributed by atoms with Gasteiger partial charge in [0, 0.05) is 5.69 Å². The third kappa shape index (κ3) is 2.41. The molecule has 2 rings (SSSR count). The van der Waals surface area contributed by atoms with Crippen molar-refractivity contribution in [2.45, 2.75) is 46.1 Å². The van der Waals surface area contributed by atoms with Gasteiger partial charge >= 0.3 is 0 Å². The van der Waals surface area contributed by atoms with E-state index in [2.05, 4.69) is 24.9 Å². The molecular weight excluding hydrogens is 212 g/mol. The van der Waals surface area contributed by atoms with Gasteiger partial charge in [-0.15, -0.1) is 0 Å². The molecule has 1 aromatic rings. The second-order valence-electron chi connectivity index (χ2n) is 4.98. The SMILES string of the molecule is CC(C)C(C)Oc1nc2c(cc1C#N)CCC2. The van der Waals surface area contributed by atoms with Crippen LogP contribution in [0.2, 0.25) is 0 Å². The Morgan fingerprint density at radius 1 is 1.35 bits per heavy atom. The molecule has 1 aliphatic rings. The number of hydrogen-bond acceptors (Lipinski definition) is 3. The molecule has 0 bridgehead atoms. The molecule has 1 unspecified atom stereocenters. The maximum absolute atomic E-state index is 9.13. The van der Waals surface area contributed by atoms with Crippen LogP contribution in [0.1, 0.15) is 44.0 Å². The van der Waals surface area contributed by atoms with Gasteiger partial charge in [0.05, 0.1) is 6.10 Å². The minimum Gasteiger partial charge on any atom is -0.473 e. The van der Waals surface area contributed by atoms with Crippen molar-refractivity contribution in [3.8, 4) is 11.9 Å². The van der Waals surface area contributed by atoms with Crippen LogP contribution in [0.4, 0.5) is 0 Å². The molecule has 0 saturated carbocycles. The maximum Gasteiger partial charge on any atom is 0.232 e. The van der Waals surface area contributed by atoms with Crippen molar-refractivity contribution in [2.75, 3.05) is 0 Å². The van der Waals surface area contributed by atoms with E-state index in [-0.39, 0.29) is 6.10 Å². The highest BCUT2D eigenvalue weighted by Crippen LogP contribution is 2.27. The Balaban J connectivity index is 2.30. The van der Waals surface area contributed by atoms with E-state index in [1.807, 2.05) is 13.0 Å². The number of ether oxygens (including phenoxy) is 1. The summed E-state index contributed by atoms with van der Waals surface area (Å²) >= 11 is 0. The lowest BCUT2D eigenvalue weighted by Gasteiger charge is -2.18. The summed E-state index contributed by atoms with van der Waals surface area (Å²) in [6, 6.07) is 4.12. The molecular formula is C14H18N2O. The van der Waals surface area contributed by atoms with Gasteiger partial charge in [0.1, 0.15) is 11.6 Å². The van der Waals surface area contributed by atoms with Crippen LogP contribution in [-0.4, -0.2) is 11.1 Å². The Morgan fingerprint density at radius 3 is 2.76 bits per heavy atom. The molecule has 1 aromatic heterocycles. The normalized spacial score (nSPS) is 15.5. The molecule has 0 fully saturated rings. The number of rotatable bonds is 3. The molecule has 1 heterocycles. The van der Waals surface area contributed by atoms with E-state index >= 15 is 0 Å². The number of pyridine rings is 1. The van der Waals surface area contributed by atoms with Crippen LogP contribution in [0.25, 0.3) is 0 Å². The van der Waals surface area contributed by atoms with Gasteiger partial charge in [0.2, 0.25) is 5.88 Å². The summed E-state index contributed by atoms with van der Waals surface area (Å²) in [7, 11) is 0. The highest BCUT2D eigenvalue weighted by atomic mass is 16.5. The molecule has 17 heavy (non-hydrogen) atoms. The van der Waals surface area contributed by atoms with Crippen LogP contribution in [0.5, 0.6) is 5.88 Å². The Hall–Kier alpha value is -1.56. The average Bonchev–Trinajstić information content (AvgIpc) is 2.74. The molecule has 1 aliphatic carbocycles. The van der Waals surface area contributed by atoms with Crippen LogP contribution < -0.4 is 4.74 Å². The number of hydrogen-bond donors (Lipinski definition) is 0. The third-order valence-corrected chi connectivity index (χ3v) is 3.37. The van der Waals surface area contributed by atoms with Gasteiger partial charge in [-0.2, -0.15) is 5.26 Å². The molecule has 3 nitrogen and oxygen atoms in total. The lowest BCUT2D eigenvalue weighted by Crippen LogP contribution is -2.20. The van der Waals surface area contributed by atoms with Crippen molar-refractivity contribution >= 4 is 0 Å². The van der Waals surface area contributed by atoms with Gasteiger partial charge in [-0.3, -0.25) is 0 Å². The number of aromatic nitrogens is 1. The second-order valence-corrected chi connectivity index (χ2v) is 4.98. The summed E-state index contributed by atoms with van der Waals surface area (Å²) in [6.45, 7) is 6.22. The first kappa shape index (κ1) is 11.9. The topological polar surface area (TPSA) is 45.9 Å². The summed E-state index contributed by atoms with van der Waals surface area (Å²) in [5.74, 6) is 0.922. The van der Waals surface area contributed by atoms with Crippen LogP contribution in [0.15, 0.2) is 6.07 Å². The van der Waals surface area contributed by atoms with E-state index < -0.39 is 0 Å². The van der Waals surface area contributed by atoms with Gasteiger partial charge in [0.25, 0.3) is 0 Å². The van der Waals surface area contributed by atoms with Gasteiger partial charge in [0.15, 0.2) is 0 Å². The van der Waals surface area contributed by atoms with E-state index in [0.717, 1.165) is 25.0 Å². The molecule has 0 saturated heterocycles. The molecule has 90 valence electrons. The first-order chi connectivity index (χ1) is 8.11. The number of aryl methyl sites for hydroxylation is 2. The second kappa shape index (κ2) is 4.75. The van der Waals surface area contributed by atoms with E-state index in [0.29, 0.717) is 17.4 Å². The fourth-order valence-corrected chi connectivity index (χ4v) is 1.94. The molecule has 0 aliphatic heterocycles. The Kier molecular flexibility index (Phi) is 3.33. The summed E-state index contributed by atoms with van der Waals surface area (Å²) in [4.78, 5) is 4.50. The van der Waals surface area contributed by atoms with Crippen molar-refractivity contribution in [3.05, 3.63) is 22.9 Å². The highest BCUT2D eigenvalue weighted by molar-refractivity contribution is 5.44. The Bertz CT molecular complexity index is 460. The number of nitriles is 1. The monoisotopic (exact) mass is 230 g/mol. The third-order valence-electron chi connectivity index (χ3n) is 3.37. The molecule has 1 atom stereocenters. The van der Waals surface area contributed by atoms with E-state index in [1.165, 1.54) is 5.56 Å². The van der Waals surface area contributed by atoms with Crippen LogP contribution in [0.3, 0.4) is 0 Å². The molecule has 0 aromatic carbocycles. The average molecular weight is 230 g/mol. The van der Waals surface area contributed by atoms with Crippen molar-refractivity contribution in [2.24, 2.45) is 5.92 Å². The van der Waals surface area contributed by atoms with Crippen LogP contribution in [-0.2, 0) is 12.8 Å². The first-order valence-corrected chi connectivity index (χ1v) is 6.21. The van der Waals surface area contributed by atoms with Crippen molar-refractivity contribution in [1.82, 2.24) is 4.98 Å². The lowest BCUT2D eigenvalue weighted by molar-refractivity contribution is 0.162. The molecule has 0 N–H and O–H groups in total.